The Morgan fingerprint density at radius 3 is 2.94 bits per heavy atom. The largest absolute Gasteiger partial charge is 0.618 e. The van der Waals surface area contributed by atoms with Gasteiger partial charge in [-0.25, -0.2) is 4.98 Å². The Morgan fingerprint density at radius 2 is 2.28 bits per heavy atom. The van der Waals surface area contributed by atoms with Crippen LogP contribution in [0.5, 0.6) is 0 Å². The standard InChI is InChI=1S/C12H10BrN3O2/c1-8-6-11(14-7-9(8)13)15-12(17)10-4-2-3-5-16(10)18/h2-7H,1H3,(H,14,15,17). The monoisotopic (exact) mass is 307 g/mol. The van der Waals surface area contributed by atoms with Gasteiger partial charge < -0.3 is 10.5 Å². The van der Waals surface area contributed by atoms with Crippen LogP contribution in [0.2, 0.25) is 0 Å². The fourth-order valence-corrected chi connectivity index (χ4v) is 1.61. The molecule has 2 heterocycles. The molecular weight excluding hydrogens is 298 g/mol. The lowest BCUT2D eigenvalue weighted by atomic mass is 10.3. The maximum Gasteiger partial charge on any atom is 0.322 e. The predicted octanol–water partition coefficient (Wildman–Crippen LogP) is 2.04. The van der Waals surface area contributed by atoms with Crippen LogP contribution in [-0.2, 0) is 0 Å². The molecule has 0 atom stereocenters. The summed E-state index contributed by atoms with van der Waals surface area (Å²) in [6.07, 6.45) is 2.87. The number of carbonyl (C=O) groups is 1. The highest BCUT2D eigenvalue weighted by atomic mass is 79.9. The third-order valence-electron chi connectivity index (χ3n) is 2.35. The third-order valence-corrected chi connectivity index (χ3v) is 3.18. The van der Waals surface area contributed by atoms with Crippen LogP contribution in [0.15, 0.2) is 41.1 Å². The van der Waals surface area contributed by atoms with Crippen LogP contribution in [0.25, 0.3) is 0 Å². The maximum absolute atomic E-state index is 11.8. The summed E-state index contributed by atoms with van der Waals surface area (Å²) < 4.78 is 1.38. The van der Waals surface area contributed by atoms with Crippen molar-refractivity contribution in [3.63, 3.8) is 0 Å². The lowest BCUT2D eigenvalue weighted by Crippen LogP contribution is -2.36. The van der Waals surface area contributed by atoms with E-state index in [0.29, 0.717) is 10.5 Å². The molecule has 1 amide bonds. The Balaban J connectivity index is 2.22. The van der Waals surface area contributed by atoms with Gasteiger partial charge in [-0.05, 0) is 40.5 Å². The topological polar surface area (TPSA) is 68.9 Å². The van der Waals surface area contributed by atoms with E-state index in [4.69, 9.17) is 0 Å². The highest BCUT2D eigenvalue weighted by Crippen LogP contribution is 2.17. The molecule has 0 aromatic carbocycles. The summed E-state index contributed by atoms with van der Waals surface area (Å²) in [5.74, 6) is -0.0793. The normalized spacial score (nSPS) is 10.1. The van der Waals surface area contributed by atoms with Crippen LogP contribution in [0.4, 0.5) is 5.82 Å². The molecule has 0 unspecified atom stereocenters. The Bertz CT molecular complexity index is 602. The highest BCUT2D eigenvalue weighted by molar-refractivity contribution is 9.10. The van der Waals surface area contributed by atoms with E-state index in [1.807, 2.05) is 6.92 Å². The molecule has 0 saturated carbocycles. The van der Waals surface area contributed by atoms with Gasteiger partial charge in [0.15, 0.2) is 6.20 Å². The zero-order valence-corrected chi connectivity index (χ0v) is 11.1. The summed E-state index contributed by atoms with van der Waals surface area (Å²) in [5.41, 5.74) is 0.975. The van der Waals surface area contributed by atoms with Crippen molar-refractivity contribution >= 4 is 27.7 Å². The molecule has 1 N–H and O–H groups in total. The summed E-state index contributed by atoms with van der Waals surface area (Å²) in [7, 11) is 0. The quantitative estimate of drug-likeness (QED) is 0.682. The number of carbonyl (C=O) groups excluding carboxylic acids is 1. The molecular formula is C12H10BrN3O2. The van der Waals surface area contributed by atoms with Crippen molar-refractivity contribution in [2.45, 2.75) is 6.92 Å². The van der Waals surface area contributed by atoms with Gasteiger partial charge in [0.2, 0.25) is 0 Å². The molecule has 0 aliphatic rings. The molecule has 2 aromatic rings. The fourth-order valence-electron chi connectivity index (χ4n) is 1.39. The summed E-state index contributed by atoms with van der Waals surface area (Å²) in [6, 6.07) is 6.36. The van der Waals surface area contributed by atoms with E-state index in [1.165, 1.54) is 12.3 Å². The SMILES string of the molecule is Cc1cc(NC(=O)c2cccc[n+]2[O-])ncc1Br. The van der Waals surface area contributed by atoms with E-state index in [9.17, 15) is 10.0 Å². The number of amides is 1. The Hall–Kier alpha value is -1.95. The Kier molecular flexibility index (Phi) is 3.57. The molecule has 6 heteroatoms. The Labute approximate surface area is 112 Å². The van der Waals surface area contributed by atoms with Crippen LogP contribution in [0.3, 0.4) is 0 Å². The number of pyridine rings is 2. The first kappa shape index (κ1) is 12.5. The number of nitrogens with one attached hydrogen (secondary N) is 1. The van der Waals surface area contributed by atoms with Crippen LogP contribution >= 0.6 is 15.9 Å². The van der Waals surface area contributed by atoms with Gasteiger partial charge in [0.25, 0.3) is 5.69 Å². The molecule has 0 aliphatic heterocycles. The number of rotatable bonds is 2. The first-order valence-electron chi connectivity index (χ1n) is 5.19. The van der Waals surface area contributed by atoms with E-state index in [-0.39, 0.29) is 5.69 Å². The van der Waals surface area contributed by atoms with Crippen LogP contribution in [0, 0.1) is 12.1 Å². The number of hydrogen-bond donors (Lipinski definition) is 1. The minimum Gasteiger partial charge on any atom is -0.618 e. The van der Waals surface area contributed by atoms with Crippen molar-refractivity contribution < 1.29 is 9.52 Å². The van der Waals surface area contributed by atoms with E-state index in [2.05, 4.69) is 26.2 Å². The molecule has 0 fully saturated rings. The van der Waals surface area contributed by atoms with Gasteiger partial charge in [0.05, 0.1) is 0 Å². The average Bonchev–Trinajstić information content (AvgIpc) is 2.34. The lowest BCUT2D eigenvalue weighted by Gasteiger charge is -2.06. The van der Waals surface area contributed by atoms with Crippen LogP contribution in [-0.4, -0.2) is 10.9 Å². The van der Waals surface area contributed by atoms with Crippen molar-refractivity contribution in [1.29, 1.82) is 0 Å². The minimum atomic E-state index is -0.486. The molecule has 92 valence electrons. The van der Waals surface area contributed by atoms with E-state index in [1.54, 1.807) is 24.4 Å². The molecule has 0 radical (unpaired) electrons. The molecule has 0 aliphatic carbocycles. The van der Waals surface area contributed by atoms with Gasteiger partial charge in [0, 0.05) is 22.8 Å². The molecule has 18 heavy (non-hydrogen) atoms. The molecule has 2 rings (SSSR count). The number of halogens is 1. The first-order chi connectivity index (χ1) is 8.58. The van der Waals surface area contributed by atoms with Crippen molar-refractivity contribution in [3.05, 3.63) is 57.6 Å². The molecule has 2 aromatic heterocycles. The van der Waals surface area contributed by atoms with Gasteiger partial charge in [-0.3, -0.25) is 4.79 Å². The van der Waals surface area contributed by atoms with Crippen LogP contribution in [0.1, 0.15) is 16.1 Å². The minimum absolute atomic E-state index is 0.0277. The summed E-state index contributed by atoms with van der Waals surface area (Å²) in [6.45, 7) is 1.89. The zero-order chi connectivity index (χ0) is 13.1. The second-order valence-electron chi connectivity index (χ2n) is 3.68. The fraction of sp³-hybridized carbons (Fsp3) is 0.0833. The smallest absolute Gasteiger partial charge is 0.322 e. The van der Waals surface area contributed by atoms with Crippen LogP contribution < -0.4 is 10.0 Å². The summed E-state index contributed by atoms with van der Waals surface area (Å²) >= 11 is 3.32. The number of nitrogens with zero attached hydrogens (tertiary/aromatic N) is 2. The van der Waals surface area contributed by atoms with E-state index >= 15 is 0 Å². The maximum atomic E-state index is 11.8. The van der Waals surface area contributed by atoms with Crippen molar-refractivity contribution in [3.8, 4) is 0 Å². The second kappa shape index (κ2) is 5.14. The van der Waals surface area contributed by atoms with Gasteiger partial charge in [-0.1, -0.05) is 0 Å². The lowest BCUT2D eigenvalue weighted by molar-refractivity contribution is -0.607. The zero-order valence-electron chi connectivity index (χ0n) is 9.55. The number of hydrogen-bond acceptors (Lipinski definition) is 3. The first-order valence-corrected chi connectivity index (χ1v) is 5.99. The molecule has 0 spiro atoms. The molecule has 0 saturated heterocycles. The predicted molar refractivity (Wildman–Crippen MR) is 70.0 cm³/mol. The summed E-state index contributed by atoms with van der Waals surface area (Å²) in [5, 5.41) is 14.0. The van der Waals surface area contributed by atoms with Crippen molar-refractivity contribution in [2.75, 3.05) is 5.32 Å². The Morgan fingerprint density at radius 1 is 1.50 bits per heavy atom. The number of aromatic nitrogens is 2. The van der Waals surface area contributed by atoms with E-state index < -0.39 is 5.91 Å². The van der Waals surface area contributed by atoms with Gasteiger partial charge >= 0.3 is 5.91 Å². The summed E-state index contributed by atoms with van der Waals surface area (Å²) in [4.78, 5) is 15.9. The highest BCUT2D eigenvalue weighted by Gasteiger charge is 2.15. The molecule has 0 bridgehead atoms. The van der Waals surface area contributed by atoms with Gasteiger partial charge in [0.1, 0.15) is 5.82 Å². The third kappa shape index (κ3) is 2.65. The number of anilines is 1. The van der Waals surface area contributed by atoms with E-state index in [0.717, 1.165) is 10.0 Å². The van der Waals surface area contributed by atoms with Gasteiger partial charge in [-0.15, -0.1) is 0 Å². The second-order valence-corrected chi connectivity index (χ2v) is 4.54. The van der Waals surface area contributed by atoms with Gasteiger partial charge in [-0.2, -0.15) is 4.73 Å². The van der Waals surface area contributed by atoms with Crippen molar-refractivity contribution in [2.24, 2.45) is 0 Å². The average molecular weight is 308 g/mol. The van der Waals surface area contributed by atoms with Crippen molar-refractivity contribution in [1.82, 2.24) is 4.98 Å². The number of aryl methyl sites for hydroxylation is 1. The molecule has 5 nitrogen and oxygen atoms in total.